The van der Waals surface area contributed by atoms with Crippen LogP contribution in [0.25, 0.3) is 0 Å². The summed E-state index contributed by atoms with van der Waals surface area (Å²) in [4.78, 5) is 11.1. The number of hydrogen-bond donors (Lipinski definition) is 3. The quantitative estimate of drug-likeness (QED) is 0.707. The monoisotopic (exact) mass is 237 g/mol. The summed E-state index contributed by atoms with van der Waals surface area (Å²) in [5, 5.41) is 21.6. The van der Waals surface area contributed by atoms with Crippen LogP contribution in [0.3, 0.4) is 0 Å². The molecule has 0 radical (unpaired) electrons. The molecule has 0 saturated heterocycles. The van der Waals surface area contributed by atoms with Gasteiger partial charge in [0, 0.05) is 12.1 Å². The average Bonchev–Trinajstić information content (AvgIpc) is 2.30. The molecule has 2 atom stereocenters. The van der Waals surface area contributed by atoms with E-state index < -0.39 is 12.0 Å². The van der Waals surface area contributed by atoms with E-state index in [2.05, 4.69) is 5.32 Å². The molecule has 4 nitrogen and oxygen atoms in total. The van der Waals surface area contributed by atoms with Crippen molar-refractivity contribution in [2.45, 2.75) is 32.9 Å². The zero-order valence-electron chi connectivity index (χ0n) is 10.2. The van der Waals surface area contributed by atoms with Crippen molar-refractivity contribution in [2.75, 3.05) is 0 Å². The van der Waals surface area contributed by atoms with Crippen LogP contribution in [0.15, 0.2) is 24.3 Å². The standard InChI is InChI=1S/C13H19NO3/c1-3-9(2)12(13(16)17)14-8-10-6-4-5-7-11(10)15/h4-7,9,12,14-15H,3,8H2,1-2H3,(H,16,17). The average molecular weight is 237 g/mol. The number of aliphatic carboxylic acids is 1. The molecule has 0 heterocycles. The van der Waals surface area contributed by atoms with Crippen molar-refractivity contribution < 1.29 is 15.0 Å². The maximum atomic E-state index is 11.1. The Balaban J connectivity index is 2.64. The van der Waals surface area contributed by atoms with Gasteiger partial charge in [0.2, 0.25) is 0 Å². The van der Waals surface area contributed by atoms with Gasteiger partial charge in [-0.2, -0.15) is 0 Å². The lowest BCUT2D eigenvalue weighted by Gasteiger charge is -2.20. The Labute approximate surface area is 101 Å². The molecule has 17 heavy (non-hydrogen) atoms. The predicted octanol–water partition coefficient (Wildman–Crippen LogP) is 1.98. The highest BCUT2D eigenvalue weighted by molar-refractivity contribution is 5.73. The van der Waals surface area contributed by atoms with Crippen LogP contribution in [0.4, 0.5) is 0 Å². The molecule has 1 aromatic carbocycles. The van der Waals surface area contributed by atoms with E-state index in [9.17, 15) is 9.90 Å². The van der Waals surface area contributed by atoms with Gasteiger partial charge in [0.15, 0.2) is 0 Å². The van der Waals surface area contributed by atoms with Gasteiger partial charge < -0.3 is 10.2 Å². The van der Waals surface area contributed by atoms with Gasteiger partial charge in [-0.05, 0) is 12.0 Å². The van der Waals surface area contributed by atoms with Gasteiger partial charge in [0.25, 0.3) is 0 Å². The zero-order valence-corrected chi connectivity index (χ0v) is 10.2. The molecule has 1 aromatic rings. The third-order valence-electron chi connectivity index (χ3n) is 2.98. The van der Waals surface area contributed by atoms with Gasteiger partial charge in [-0.15, -0.1) is 0 Å². The van der Waals surface area contributed by atoms with Crippen LogP contribution >= 0.6 is 0 Å². The molecular formula is C13H19NO3. The van der Waals surface area contributed by atoms with E-state index in [1.165, 1.54) is 0 Å². The largest absolute Gasteiger partial charge is 0.508 e. The first-order valence-corrected chi connectivity index (χ1v) is 5.79. The minimum atomic E-state index is -0.852. The van der Waals surface area contributed by atoms with E-state index in [0.717, 1.165) is 6.42 Å². The Morgan fingerprint density at radius 2 is 2.06 bits per heavy atom. The SMILES string of the molecule is CCC(C)C(NCc1ccccc1O)C(=O)O. The summed E-state index contributed by atoms with van der Waals surface area (Å²) in [5.74, 6) is -0.610. The van der Waals surface area contributed by atoms with E-state index in [0.29, 0.717) is 12.1 Å². The molecule has 0 saturated carbocycles. The van der Waals surface area contributed by atoms with Crippen LogP contribution < -0.4 is 5.32 Å². The summed E-state index contributed by atoms with van der Waals surface area (Å²) in [6.07, 6.45) is 0.796. The zero-order chi connectivity index (χ0) is 12.8. The van der Waals surface area contributed by atoms with E-state index in [-0.39, 0.29) is 11.7 Å². The van der Waals surface area contributed by atoms with Gasteiger partial charge in [-0.3, -0.25) is 10.1 Å². The van der Waals surface area contributed by atoms with Crippen molar-refractivity contribution in [2.24, 2.45) is 5.92 Å². The van der Waals surface area contributed by atoms with E-state index >= 15 is 0 Å². The van der Waals surface area contributed by atoms with Crippen molar-refractivity contribution in [3.63, 3.8) is 0 Å². The first-order valence-electron chi connectivity index (χ1n) is 5.79. The molecular weight excluding hydrogens is 218 g/mol. The van der Waals surface area contributed by atoms with Crippen molar-refractivity contribution >= 4 is 5.97 Å². The van der Waals surface area contributed by atoms with Crippen LogP contribution in [-0.2, 0) is 11.3 Å². The fraction of sp³-hybridized carbons (Fsp3) is 0.462. The fourth-order valence-electron chi connectivity index (χ4n) is 1.65. The van der Waals surface area contributed by atoms with Crippen LogP contribution in [0.2, 0.25) is 0 Å². The van der Waals surface area contributed by atoms with E-state index in [1.54, 1.807) is 18.2 Å². The van der Waals surface area contributed by atoms with Crippen LogP contribution in [-0.4, -0.2) is 22.2 Å². The molecule has 0 spiro atoms. The third-order valence-corrected chi connectivity index (χ3v) is 2.98. The Morgan fingerprint density at radius 3 is 2.59 bits per heavy atom. The summed E-state index contributed by atoms with van der Waals surface area (Å²) in [6, 6.07) is 6.34. The fourth-order valence-corrected chi connectivity index (χ4v) is 1.65. The number of benzene rings is 1. The number of hydrogen-bond acceptors (Lipinski definition) is 3. The summed E-state index contributed by atoms with van der Waals surface area (Å²) >= 11 is 0. The smallest absolute Gasteiger partial charge is 0.320 e. The molecule has 0 aliphatic heterocycles. The lowest BCUT2D eigenvalue weighted by Crippen LogP contribution is -2.41. The minimum absolute atomic E-state index is 0.0540. The minimum Gasteiger partial charge on any atom is -0.508 e. The number of phenolic OH excluding ortho intramolecular Hbond substituents is 1. The number of rotatable bonds is 6. The maximum absolute atomic E-state index is 11.1. The molecule has 2 unspecified atom stereocenters. The Morgan fingerprint density at radius 1 is 1.41 bits per heavy atom. The lowest BCUT2D eigenvalue weighted by atomic mass is 9.99. The number of phenols is 1. The molecule has 0 aliphatic carbocycles. The maximum Gasteiger partial charge on any atom is 0.320 e. The third kappa shape index (κ3) is 3.75. The molecule has 0 amide bonds. The summed E-state index contributed by atoms with van der Waals surface area (Å²) in [5.41, 5.74) is 0.710. The van der Waals surface area contributed by atoms with Crippen LogP contribution in [0.5, 0.6) is 5.75 Å². The van der Waals surface area contributed by atoms with Gasteiger partial charge in [-0.25, -0.2) is 0 Å². The molecule has 94 valence electrons. The van der Waals surface area contributed by atoms with E-state index in [1.807, 2.05) is 19.9 Å². The summed E-state index contributed by atoms with van der Waals surface area (Å²) in [7, 11) is 0. The highest BCUT2D eigenvalue weighted by Gasteiger charge is 2.22. The Hall–Kier alpha value is -1.55. The highest BCUT2D eigenvalue weighted by Crippen LogP contribution is 2.16. The van der Waals surface area contributed by atoms with Crippen molar-refractivity contribution in [1.82, 2.24) is 5.32 Å². The normalized spacial score (nSPS) is 14.2. The number of carboxylic acid groups (broad SMARTS) is 1. The van der Waals surface area contributed by atoms with Crippen LogP contribution in [0, 0.1) is 5.92 Å². The van der Waals surface area contributed by atoms with Gasteiger partial charge in [0.05, 0.1) is 0 Å². The molecule has 3 N–H and O–H groups in total. The topological polar surface area (TPSA) is 69.6 Å². The molecule has 4 heteroatoms. The molecule has 0 bridgehead atoms. The Kier molecular flexibility index (Phi) is 4.97. The first-order chi connectivity index (χ1) is 8.06. The second-order valence-corrected chi connectivity index (χ2v) is 4.21. The first kappa shape index (κ1) is 13.5. The van der Waals surface area contributed by atoms with Gasteiger partial charge in [0.1, 0.15) is 11.8 Å². The predicted molar refractivity (Wildman–Crippen MR) is 65.8 cm³/mol. The Bertz CT molecular complexity index is 379. The summed E-state index contributed by atoms with van der Waals surface area (Å²) in [6.45, 7) is 4.22. The lowest BCUT2D eigenvalue weighted by molar-refractivity contribution is -0.140. The second-order valence-electron chi connectivity index (χ2n) is 4.21. The van der Waals surface area contributed by atoms with Gasteiger partial charge in [-0.1, -0.05) is 38.5 Å². The highest BCUT2D eigenvalue weighted by atomic mass is 16.4. The number of para-hydroxylation sites is 1. The van der Waals surface area contributed by atoms with Gasteiger partial charge >= 0.3 is 5.97 Å². The molecule has 0 aliphatic rings. The van der Waals surface area contributed by atoms with Crippen molar-refractivity contribution in [1.29, 1.82) is 0 Å². The number of carboxylic acids is 1. The van der Waals surface area contributed by atoms with E-state index in [4.69, 9.17) is 5.11 Å². The summed E-state index contributed by atoms with van der Waals surface area (Å²) < 4.78 is 0. The molecule has 1 rings (SSSR count). The number of nitrogens with one attached hydrogen (secondary N) is 1. The van der Waals surface area contributed by atoms with Crippen molar-refractivity contribution in [3.05, 3.63) is 29.8 Å². The second kappa shape index (κ2) is 6.25. The molecule has 0 fully saturated rings. The molecule has 0 aromatic heterocycles. The number of carbonyl (C=O) groups is 1. The van der Waals surface area contributed by atoms with Crippen LogP contribution in [0.1, 0.15) is 25.8 Å². The van der Waals surface area contributed by atoms with Crippen molar-refractivity contribution in [3.8, 4) is 5.75 Å². The number of aromatic hydroxyl groups is 1.